The summed E-state index contributed by atoms with van der Waals surface area (Å²) in [4.78, 5) is 0.0661. The number of fused-ring (bicyclic) bond motifs is 1. The van der Waals surface area contributed by atoms with Gasteiger partial charge in [0.1, 0.15) is 5.75 Å². The highest BCUT2D eigenvalue weighted by atomic mass is 32.2. The molecule has 0 bridgehead atoms. The Labute approximate surface area is 196 Å². The monoisotopic (exact) mass is 475 g/mol. The van der Waals surface area contributed by atoms with Crippen molar-refractivity contribution in [3.63, 3.8) is 0 Å². The van der Waals surface area contributed by atoms with Gasteiger partial charge in [-0.15, -0.1) is 0 Å². The van der Waals surface area contributed by atoms with E-state index in [9.17, 15) is 18.6 Å². The number of sulfonamides is 1. The van der Waals surface area contributed by atoms with Gasteiger partial charge >= 0.3 is 0 Å². The first-order chi connectivity index (χ1) is 15.8. The number of aliphatic hydroxyl groups excluding tert-OH is 2. The zero-order valence-corrected chi connectivity index (χ0v) is 20.1. The molecule has 180 valence electrons. The van der Waals surface area contributed by atoms with E-state index in [1.165, 1.54) is 16.4 Å². The van der Waals surface area contributed by atoms with Crippen LogP contribution < -0.4 is 9.04 Å². The Bertz CT molecular complexity index is 1080. The average molecular weight is 476 g/mol. The minimum absolute atomic E-state index is 0.0661. The predicted molar refractivity (Wildman–Crippen MR) is 126 cm³/mol. The van der Waals surface area contributed by atoms with Crippen LogP contribution in [0, 0.1) is 5.92 Å². The van der Waals surface area contributed by atoms with E-state index >= 15 is 0 Å². The van der Waals surface area contributed by atoms with E-state index in [4.69, 9.17) is 9.47 Å². The number of nitrogens with zero attached hydrogens (tertiary/aromatic N) is 1. The van der Waals surface area contributed by atoms with Gasteiger partial charge in [0.2, 0.25) is 0 Å². The number of rotatable bonds is 7. The molecule has 0 saturated carbocycles. The van der Waals surface area contributed by atoms with Gasteiger partial charge in [-0.1, -0.05) is 19.1 Å². The van der Waals surface area contributed by atoms with Crippen molar-refractivity contribution in [1.82, 2.24) is 0 Å². The minimum atomic E-state index is -3.97. The molecule has 0 amide bonds. The summed E-state index contributed by atoms with van der Waals surface area (Å²) in [5.41, 5.74) is 2.94. The molecule has 0 radical (unpaired) electrons. The number of hydrogen-bond acceptors (Lipinski definition) is 6. The smallest absolute Gasteiger partial charge is 0.264 e. The summed E-state index contributed by atoms with van der Waals surface area (Å²) in [6.07, 6.45) is 2.29. The summed E-state index contributed by atoms with van der Waals surface area (Å²) >= 11 is 0. The molecule has 4 rings (SSSR count). The van der Waals surface area contributed by atoms with Gasteiger partial charge < -0.3 is 19.7 Å². The highest BCUT2D eigenvalue weighted by molar-refractivity contribution is 7.92. The van der Waals surface area contributed by atoms with Crippen molar-refractivity contribution in [3.05, 3.63) is 53.1 Å². The molecule has 2 aromatic carbocycles. The van der Waals surface area contributed by atoms with Crippen LogP contribution >= 0.6 is 0 Å². The number of benzene rings is 2. The van der Waals surface area contributed by atoms with Crippen molar-refractivity contribution in [2.75, 3.05) is 24.1 Å². The first-order valence-electron chi connectivity index (χ1n) is 11.6. The number of ether oxygens (including phenoxy) is 2. The van der Waals surface area contributed by atoms with Gasteiger partial charge in [-0.25, -0.2) is 8.42 Å². The number of aryl methyl sites for hydroxylation is 1. The van der Waals surface area contributed by atoms with Gasteiger partial charge in [-0.05, 0) is 67.5 Å². The lowest BCUT2D eigenvalue weighted by molar-refractivity contribution is 0.0494. The molecule has 0 unspecified atom stereocenters. The van der Waals surface area contributed by atoms with Crippen LogP contribution in [0.2, 0.25) is 0 Å². The molecule has 1 fully saturated rings. The lowest BCUT2D eigenvalue weighted by Gasteiger charge is -2.39. The minimum Gasteiger partial charge on any atom is -0.493 e. The van der Waals surface area contributed by atoms with Crippen LogP contribution in [0.4, 0.5) is 5.69 Å². The fourth-order valence-corrected chi connectivity index (χ4v) is 6.35. The molecule has 2 N–H and O–H groups in total. The third kappa shape index (κ3) is 4.89. The summed E-state index contributed by atoms with van der Waals surface area (Å²) < 4.78 is 40.1. The van der Waals surface area contributed by atoms with Gasteiger partial charge in [0.15, 0.2) is 0 Å². The largest absolute Gasteiger partial charge is 0.493 e. The molecule has 2 aliphatic heterocycles. The Morgan fingerprint density at radius 1 is 1.15 bits per heavy atom. The van der Waals surface area contributed by atoms with E-state index in [0.717, 1.165) is 43.6 Å². The molecule has 2 atom stereocenters. The molecule has 0 aliphatic carbocycles. The number of aliphatic hydroxyl groups is 2. The molecule has 2 aromatic rings. The lowest BCUT2D eigenvalue weighted by Crippen LogP contribution is -2.49. The van der Waals surface area contributed by atoms with Gasteiger partial charge in [0.25, 0.3) is 10.0 Å². The van der Waals surface area contributed by atoms with Crippen molar-refractivity contribution in [3.8, 4) is 5.75 Å². The van der Waals surface area contributed by atoms with Crippen molar-refractivity contribution < 1.29 is 28.1 Å². The highest BCUT2D eigenvalue weighted by Crippen LogP contribution is 2.37. The second-order valence-corrected chi connectivity index (χ2v) is 10.7. The van der Waals surface area contributed by atoms with Gasteiger partial charge in [0.05, 0.1) is 35.9 Å². The molecule has 1 saturated heterocycles. The van der Waals surface area contributed by atoms with Crippen molar-refractivity contribution in [2.24, 2.45) is 5.92 Å². The fourth-order valence-electron chi connectivity index (χ4n) is 4.57. The third-order valence-corrected chi connectivity index (χ3v) is 8.62. The lowest BCUT2D eigenvalue weighted by atomic mass is 9.94. The van der Waals surface area contributed by atoms with Gasteiger partial charge in [-0.2, -0.15) is 0 Å². The summed E-state index contributed by atoms with van der Waals surface area (Å²) in [6.45, 7) is 5.38. The Morgan fingerprint density at radius 2 is 1.91 bits per heavy atom. The van der Waals surface area contributed by atoms with Crippen molar-refractivity contribution >= 4 is 15.7 Å². The average Bonchev–Trinajstić information content (AvgIpc) is 2.83. The summed E-state index contributed by atoms with van der Waals surface area (Å²) in [5.74, 6) is 0.872. The standard InChI is InChI=1S/C25H33NO6S/c1-3-18-4-6-23-20(12-18)14-24(28)17(2)26(23)33(29,30)22-5-7-25(21(13-22)15-27)32-16-19-8-10-31-11-9-19/h4-7,12-13,17,19,24,27-28H,3,8-11,14-16H2,1-2H3/t17-,24+/m0/s1. The third-order valence-electron chi connectivity index (χ3n) is 6.72. The van der Waals surface area contributed by atoms with Crippen LogP contribution in [0.15, 0.2) is 41.3 Å². The van der Waals surface area contributed by atoms with Crippen LogP contribution in [0.3, 0.4) is 0 Å². The van der Waals surface area contributed by atoms with Crippen LogP contribution in [0.1, 0.15) is 43.4 Å². The van der Waals surface area contributed by atoms with Crippen LogP contribution in [0.25, 0.3) is 0 Å². The Hall–Kier alpha value is -2.13. The molecular weight excluding hydrogens is 442 g/mol. The summed E-state index contributed by atoms with van der Waals surface area (Å²) in [5, 5.41) is 20.5. The van der Waals surface area contributed by atoms with Gasteiger partial charge in [0, 0.05) is 25.2 Å². The van der Waals surface area contributed by atoms with Crippen LogP contribution in [-0.2, 0) is 34.2 Å². The first-order valence-corrected chi connectivity index (χ1v) is 13.1. The number of anilines is 1. The van der Waals surface area contributed by atoms with Crippen molar-refractivity contribution in [1.29, 1.82) is 0 Å². The molecular formula is C25H33NO6S. The predicted octanol–water partition coefficient (Wildman–Crippen LogP) is 3.05. The normalized spacial score (nSPS) is 21.6. The summed E-state index contributed by atoms with van der Waals surface area (Å²) in [7, 11) is -3.97. The molecule has 33 heavy (non-hydrogen) atoms. The van der Waals surface area contributed by atoms with E-state index in [1.807, 2.05) is 25.1 Å². The molecule has 2 aliphatic rings. The molecule has 8 heteroatoms. The molecule has 0 spiro atoms. The van der Waals surface area contributed by atoms with E-state index < -0.39 is 22.2 Å². The maximum absolute atomic E-state index is 13.7. The Balaban J connectivity index is 1.64. The molecule has 7 nitrogen and oxygen atoms in total. The first kappa shape index (κ1) is 24.0. The van der Waals surface area contributed by atoms with Gasteiger partial charge in [-0.3, -0.25) is 4.31 Å². The van der Waals surface area contributed by atoms with E-state index in [1.54, 1.807) is 13.0 Å². The fraction of sp³-hybridized carbons (Fsp3) is 0.520. The number of hydrogen-bond donors (Lipinski definition) is 2. The topological polar surface area (TPSA) is 96.3 Å². The molecule has 0 aromatic heterocycles. The van der Waals surface area contributed by atoms with E-state index in [0.29, 0.717) is 35.9 Å². The molecule has 2 heterocycles. The van der Waals surface area contributed by atoms with Crippen molar-refractivity contribution in [2.45, 2.75) is 63.2 Å². The SMILES string of the molecule is CCc1ccc2c(c1)C[C@@H](O)[C@H](C)N2S(=O)(=O)c1ccc(OCC2CCOCC2)c(CO)c1. The van der Waals surface area contributed by atoms with Crippen LogP contribution in [-0.4, -0.2) is 50.6 Å². The maximum atomic E-state index is 13.7. The van der Waals surface area contributed by atoms with E-state index in [-0.39, 0.29) is 11.5 Å². The maximum Gasteiger partial charge on any atom is 0.264 e. The van der Waals surface area contributed by atoms with Crippen LogP contribution in [0.5, 0.6) is 5.75 Å². The van der Waals surface area contributed by atoms with E-state index in [2.05, 4.69) is 0 Å². The Morgan fingerprint density at radius 3 is 2.61 bits per heavy atom. The highest BCUT2D eigenvalue weighted by Gasteiger charge is 2.38. The zero-order valence-electron chi connectivity index (χ0n) is 19.2. The second-order valence-electron chi connectivity index (χ2n) is 8.92. The Kier molecular flexibility index (Phi) is 7.28. The second kappa shape index (κ2) is 10.0. The quantitative estimate of drug-likeness (QED) is 0.639. The summed E-state index contributed by atoms with van der Waals surface area (Å²) in [6, 6.07) is 9.72. The zero-order chi connectivity index (χ0) is 23.6.